The molecule has 0 aliphatic heterocycles. The van der Waals surface area contributed by atoms with Gasteiger partial charge in [-0.3, -0.25) is 0 Å². The second-order valence-corrected chi connectivity index (χ2v) is 3.74. The Hall–Kier alpha value is -1.19. The topological polar surface area (TPSA) is 37.8 Å². The Morgan fingerprint density at radius 2 is 2.29 bits per heavy atom. The summed E-state index contributed by atoms with van der Waals surface area (Å²) in [6.07, 6.45) is 6.46. The molecule has 2 rings (SSSR count). The molecule has 0 radical (unpaired) electrons. The predicted molar refractivity (Wildman–Crippen MR) is 52.4 cm³/mol. The Bertz CT molecular complexity index is 299. The van der Waals surface area contributed by atoms with Crippen LogP contribution in [0, 0.1) is 11.9 Å². The van der Waals surface area contributed by atoms with Crippen LogP contribution in [0.2, 0.25) is 0 Å². The normalized spacial score (nSPS) is 16.4. The fourth-order valence-electron chi connectivity index (χ4n) is 1.62. The monoisotopic (exact) mass is 195 g/mol. The van der Waals surface area contributed by atoms with Crippen LogP contribution >= 0.6 is 0 Å². The van der Waals surface area contributed by atoms with Crippen molar-refractivity contribution in [2.45, 2.75) is 25.7 Å². The zero-order chi connectivity index (χ0) is 9.80. The van der Waals surface area contributed by atoms with Crippen molar-refractivity contribution < 1.29 is 4.39 Å². The van der Waals surface area contributed by atoms with Crippen molar-refractivity contribution in [3.8, 4) is 0 Å². The Kier molecular flexibility index (Phi) is 2.91. The van der Waals surface area contributed by atoms with Crippen LogP contribution in [-0.4, -0.2) is 16.5 Å². The summed E-state index contributed by atoms with van der Waals surface area (Å²) in [5, 5.41) is 3.09. The maximum Gasteiger partial charge on any atom is 0.217 e. The summed E-state index contributed by atoms with van der Waals surface area (Å²) in [5.74, 6) is 0.970. The highest BCUT2D eigenvalue weighted by Gasteiger charge is 2.16. The molecule has 4 heteroatoms. The van der Waals surface area contributed by atoms with Gasteiger partial charge in [-0.25, -0.2) is 9.97 Å². The van der Waals surface area contributed by atoms with Crippen LogP contribution in [0.25, 0.3) is 0 Å². The van der Waals surface area contributed by atoms with Crippen molar-refractivity contribution in [2.24, 2.45) is 5.92 Å². The molecule has 1 heterocycles. The van der Waals surface area contributed by atoms with Gasteiger partial charge in [-0.15, -0.1) is 0 Å². The summed E-state index contributed by atoms with van der Waals surface area (Å²) in [6, 6.07) is 1.32. The van der Waals surface area contributed by atoms with Gasteiger partial charge in [0.2, 0.25) is 5.95 Å². The highest BCUT2D eigenvalue weighted by Crippen LogP contribution is 2.28. The molecule has 0 aromatic carbocycles. The summed E-state index contributed by atoms with van der Waals surface area (Å²) in [5.41, 5.74) is 0. The first-order valence-electron chi connectivity index (χ1n) is 5.06. The van der Waals surface area contributed by atoms with Crippen LogP contribution in [0.5, 0.6) is 0 Å². The van der Waals surface area contributed by atoms with Crippen molar-refractivity contribution in [2.75, 3.05) is 11.9 Å². The van der Waals surface area contributed by atoms with E-state index >= 15 is 0 Å². The molecule has 0 unspecified atom stereocenters. The van der Waals surface area contributed by atoms with Crippen molar-refractivity contribution in [1.82, 2.24) is 9.97 Å². The second kappa shape index (κ2) is 4.35. The molecule has 0 amide bonds. The zero-order valence-electron chi connectivity index (χ0n) is 8.04. The molecule has 0 saturated heterocycles. The fourth-order valence-corrected chi connectivity index (χ4v) is 1.62. The molecule has 0 bridgehead atoms. The summed E-state index contributed by atoms with van der Waals surface area (Å²) in [7, 11) is 0. The number of rotatable bonds is 4. The predicted octanol–water partition coefficient (Wildman–Crippen LogP) is 2.22. The molecule has 1 aromatic rings. The number of anilines is 1. The number of hydrogen-bond donors (Lipinski definition) is 1. The van der Waals surface area contributed by atoms with Gasteiger partial charge < -0.3 is 5.32 Å². The first-order valence-corrected chi connectivity index (χ1v) is 5.06. The first-order chi connectivity index (χ1) is 6.84. The van der Waals surface area contributed by atoms with Gasteiger partial charge in [-0.1, -0.05) is 19.3 Å². The van der Waals surface area contributed by atoms with E-state index in [0.29, 0.717) is 5.82 Å². The summed E-state index contributed by atoms with van der Waals surface area (Å²) in [6.45, 7) is 0.876. The Labute approximate surface area is 82.8 Å². The zero-order valence-corrected chi connectivity index (χ0v) is 8.04. The number of halogens is 1. The van der Waals surface area contributed by atoms with Crippen LogP contribution in [0.15, 0.2) is 12.4 Å². The van der Waals surface area contributed by atoms with Gasteiger partial charge in [0.05, 0.1) is 0 Å². The minimum atomic E-state index is -0.480. The van der Waals surface area contributed by atoms with Gasteiger partial charge in [0.25, 0.3) is 0 Å². The first kappa shape index (κ1) is 9.37. The Morgan fingerprint density at radius 3 is 2.93 bits per heavy atom. The average molecular weight is 195 g/mol. The minimum absolute atomic E-state index is 0.480. The lowest BCUT2D eigenvalue weighted by molar-refractivity contribution is 0.303. The third-order valence-corrected chi connectivity index (χ3v) is 2.72. The van der Waals surface area contributed by atoms with E-state index in [1.807, 2.05) is 0 Å². The highest BCUT2D eigenvalue weighted by molar-refractivity contribution is 5.31. The van der Waals surface area contributed by atoms with Crippen LogP contribution < -0.4 is 5.32 Å². The van der Waals surface area contributed by atoms with Crippen LogP contribution in [0.1, 0.15) is 25.7 Å². The second-order valence-electron chi connectivity index (χ2n) is 3.74. The van der Waals surface area contributed by atoms with Gasteiger partial charge in [-0.2, -0.15) is 4.39 Å². The van der Waals surface area contributed by atoms with Crippen molar-refractivity contribution in [3.63, 3.8) is 0 Å². The summed E-state index contributed by atoms with van der Waals surface area (Å²) in [4.78, 5) is 7.31. The molecular formula is C10H14FN3. The minimum Gasteiger partial charge on any atom is -0.370 e. The Balaban J connectivity index is 1.74. The van der Waals surface area contributed by atoms with E-state index in [2.05, 4.69) is 15.3 Å². The van der Waals surface area contributed by atoms with Crippen molar-refractivity contribution in [1.29, 1.82) is 0 Å². The molecule has 76 valence electrons. The quantitative estimate of drug-likeness (QED) is 0.748. The SMILES string of the molecule is Fc1cc(NCCC2CCC2)ncn1. The number of aromatic nitrogens is 2. The molecule has 14 heavy (non-hydrogen) atoms. The van der Waals surface area contributed by atoms with E-state index in [9.17, 15) is 4.39 Å². The lowest BCUT2D eigenvalue weighted by atomic mass is 9.83. The summed E-state index contributed by atoms with van der Waals surface area (Å²) >= 11 is 0. The van der Waals surface area contributed by atoms with E-state index in [1.165, 1.54) is 31.7 Å². The number of nitrogens with one attached hydrogen (secondary N) is 1. The maximum atomic E-state index is 12.6. The van der Waals surface area contributed by atoms with Gasteiger partial charge in [0, 0.05) is 12.6 Å². The molecular weight excluding hydrogens is 181 g/mol. The van der Waals surface area contributed by atoms with Gasteiger partial charge in [-0.05, 0) is 12.3 Å². The molecule has 1 fully saturated rings. The van der Waals surface area contributed by atoms with E-state index in [-0.39, 0.29) is 0 Å². The molecule has 1 aliphatic carbocycles. The summed E-state index contributed by atoms with van der Waals surface area (Å²) < 4.78 is 12.6. The largest absolute Gasteiger partial charge is 0.370 e. The number of hydrogen-bond acceptors (Lipinski definition) is 3. The number of nitrogens with zero attached hydrogens (tertiary/aromatic N) is 2. The molecule has 1 saturated carbocycles. The molecule has 1 aliphatic rings. The fraction of sp³-hybridized carbons (Fsp3) is 0.600. The average Bonchev–Trinajstić information content (AvgIpc) is 2.09. The highest BCUT2D eigenvalue weighted by atomic mass is 19.1. The standard InChI is InChI=1S/C10H14FN3/c11-9-6-10(14-7-13-9)12-5-4-8-2-1-3-8/h6-8H,1-5H2,(H,12,13,14). The van der Waals surface area contributed by atoms with Crippen LogP contribution in [0.3, 0.4) is 0 Å². The van der Waals surface area contributed by atoms with Crippen molar-refractivity contribution in [3.05, 3.63) is 18.3 Å². The molecule has 3 nitrogen and oxygen atoms in total. The van der Waals surface area contributed by atoms with E-state index in [4.69, 9.17) is 0 Å². The van der Waals surface area contributed by atoms with E-state index in [0.717, 1.165) is 18.9 Å². The lowest BCUT2D eigenvalue weighted by Gasteiger charge is -2.25. The lowest BCUT2D eigenvalue weighted by Crippen LogP contribution is -2.16. The van der Waals surface area contributed by atoms with Gasteiger partial charge >= 0.3 is 0 Å². The van der Waals surface area contributed by atoms with E-state index in [1.54, 1.807) is 0 Å². The van der Waals surface area contributed by atoms with Gasteiger partial charge in [0.1, 0.15) is 12.1 Å². The third-order valence-electron chi connectivity index (χ3n) is 2.72. The molecule has 0 atom stereocenters. The molecule has 1 N–H and O–H groups in total. The van der Waals surface area contributed by atoms with Gasteiger partial charge in [0.15, 0.2) is 0 Å². The van der Waals surface area contributed by atoms with Crippen LogP contribution in [0.4, 0.5) is 10.2 Å². The van der Waals surface area contributed by atoms with Crippen molar-refractivity contribution >= 4 is 5.82 Å². The molecule has 0 spiro atoms. The van der Waals surface area contributed by atoms with Crippen LogP contribution in [-0.2, 0) is 0 Å². The van der Waals surface area contributed by atoms with E-state index < -0.39 is 5.95 Å². The third kappa shape index (κ3) is 2.40. The molecule has 1 aromatic heterocycles. The maximum absolute atomic E-state index is 12.6. The smallest absolute Gasteiger partial charge is 0.217 e. The Morgan fingerprint density at radius 1 is 1.43 bits per heavy atom.